The van der Waals surface area contributed by atoms with Crippen molar-refractivity contribution >= 4 is 35.1 Å². The number of hydrogen-bond donors (Lipinski definition) is 1. The monoisotopic (exact) mass is 380 g/mol. The highest BCUT2D eigenvalue weighted by Crippen LogP contribution is 2.34. The number of benzene rings is 2. The molecule has 0 saturated carbocycles. The fourth-order valence-electron chi connectivity index (χ4n) is 2.96. The Labute approximate surface area is 154 Å². The molecule has 4 nitrogen and oxygen atoms in total. The highest BCUT2D eigenvalue weighted by atomic mass is 35.5. The van der Waals surface area contributed by atoms with Crippen molar-refractivity contribution in [3.63, 3.8) is 0 Å². The van der Waals surface area contributed by atoms with E-state index in [9.17, 15) is 14.0 Å². The number of urea groups is 1. The Morgan fingerprint density at radius 3 is 2.40 bits per heavy atom. The van der Waals surface area contributed by atoms with Gasteiger partial charge in [-0.2, -0.15) is 0 Å². The van der Waals surface area contributed by atoms with E-state index in [0.717, 1.165) is 4.90 Å². The Hall–Kier alpha value is -2.11. The van der Waals surface area contributed by atoms with Gasteiger partial charge in [-0.25, -0.2) is 9.18 Å². The average Bonchev–Trinajstić information content (AvgIpc) is 2.82. The fraction of sp³-hybridized carbons (Fsp3) is 0.222. The summed E-state index contributed by atoms with van der Waals surface area (Å²) in [5, 5.41) is 3.60. The number of carbonyl (C=O) groups is 2. The molecular weight excluding hydrogens is 366 g/mol. The molecule has 1 aliphatic heterocycles. The van der Waals surface area contributed by atoms with Crippen molar-refractivity contribution in [1.82, 2.24) is 10.2 Å². The van der Waals surface area contributed by atoms with Crippen LogP contribution in [0.2, 0.25) is 10.0 Å². The molecule has 1 heterocycles. The third-order valence-electron chi connectivity index (χ3n) is 4.39. The van der Waals surface area contributed by atoms with E-state index in [4.69, 9.17) is 23.2 Å². The predicted molar refractivity (Wildman–Crippen MR) is 93.9 cm³/mol. The van der Waals surface area contributed by atoms with E-state index in [1.165, 1.54) is 24.3 Å². The molecule has 0 bridgehead atoms. The summed E-state index contributed by atoms with van der Waals surface area (Å²) in [6.45, 7) is 1.82. The normalized spacial score (nSPS) is 20.1. The lowest BCUT2D eigenvalue weighted by Crippen LogP contribution is -2.43. The third kappa shape index (κ3) is 3.10. The summed E-state index contributed by atoms with van der Waals surface area (Å²) in [5.74, 6) is -0.797. The molecule has 0 unspecified atom stereocenters. The van der Waals surface area contributed by atoms with E-state index in [-0.39, 0.29) is 6.54 Å². The summed E-state index contributed by atoms with van der Waals surface area (Å²) in [6, 6.07) is 9.93. The molecule has 25 heavy (non-hydrogen) atoms. The van der Waals surface area contributed by atoms with Gasteiger partial charge in [0.1, 0.15) is 11.4 Å². The largest absolute Gasteiger partial charge is 0.325 e. The van der Waals surface area contributed by atoms with Crippen LogP contribution >= 0.6 is 23.2 Å². The molecule has 2 aromatic carbocycles. The van der Waals surface area contributed by atoms with E-state index in [2.05, 4.69) is 5.32 Å². The van der Waals surface area contributed by atoms with Gasteiger partial charge in [0.05, 0.1) is 6.54 Å². The number of rotatable bonds is 4. The first kappa shape index (κ1) is 17.7. The molecule has 0 spiro atoms. The van der Waals surface area contributed by atoms with Gasteiger partial charge in [-0.1, -0.05) is 48.3 Å². The van der Waals surface area contributed by atoms with Crippen molar-refractivity contribution in [2.45, 2.75) is 25.4 Å². The first-order chi connectivity index (χ1) is 11.9. The molecule has 3 amide bonds. The summed E-state index contributed by atoms with van der Waals surface area (Å²) in [6.07, 6.45) is 0.341. The third-order valence-corrected chi connectivity index (χ3v) is 4.97. The Morgan fingerprint density at radius 2 is 1.80 bits per heavy atom. The van der Waals surface area contributed by atoms with E-state index >= 15 is 0 Å². The number of carbonyl (C=O) groups excluding carboxylic acids is 2. The smallest absolute Gasteiger partial charge is 0.319 e. The lowest BCUT2D eigenvalue weighted by atomic mass is 9.87. The van der Waals surface area contributed by atoms with Gasteiger partial charge >= 0.3 is 6.03 Å². The minimum atomic E-state index is -1.20. The molecule has 130 valence electrons. The van der Waals surface area contributed by atoms with Crippen LogP contribution in [0.15, 0.2) is 42.5 Å². The van der Waals surface area contributed by atoms with Gasteiger partial charge in [0.15, 0.2) is 0 Å². The van der Waals surface area contributed by atoms with Crippen LogP contribution in [0.4, 0.5) is 9.18 Å². The zero-order valence-electron chi connectivity index (χ0n) is 13.4. The first-order valence-electron chi connectivity index (χ1n) is 7.71. The van der Waals surface area contributed by atoms with Crippen molar-refractivity contribution in [3.8, 4) is 0 Å². The first-order valence-corrected chi connectivity index (χ1v) is 8.47. The van der Waals surface area contributed by atoms with Gasteiger partial charge in [0.25, 0.3) is 5.91 Å². The van der Waals surface area contributed by atoms with Crippen LogP contribution in [0, 0.1) is 5.82 Å². The molecule has 0 aromatic heterocycles. The van der Waals surface area contributed by atoms with Crippen LogP contribution in [-0.4, -0.2) is 16.8 Å². The topological polar surface area (TPSA) is 49.4 Å². The molecule has 1 aliphatic rings. The Morgan fingerprint density at radius 1 is 1.12 bits per heavy atom. The van der Waals surface area contributed by atoms with Crippen molar-refractivity contribution in [1.29, 1.82) is 0 Å². The Balaban J connectivity index is 1.94. The second-order valence-electron chi connectivity index (χ2n) is 5.82. The maximum absolute atomic E-state index is 13.2. The van der Waals surface area contributed by atoms with Crippen molar-refractivity contribution in [2.24, 2.45) is 0 Å². The summed E-state index contributed by atoms with van der Waals surface area (Å²) >= 11 is 12.0. The molecule has 3 rings (SSSR count). The van der Waals surface area contributed by atoms with Crippen molar-refractivity contribution < 1.29 is 14.0 Å². The van der Waals surface area contributed by atoms with Crippen LogP contribution < -0.4 is 5.32 Å². The highest BCUT2D eigenvalue weighted by molar-refractivity contribution is 6.35. The maximum Gasteiger partial charge on any atom is 0.325 e. The van der Waals surface area contributed by atoms with Gasteiger partial charge in [-0.15, -0.1) is 0 Å². The molecule has 1 atom stereocenters. The lowest BCUT2D eigenvalue weighted by Gasteiger charge is -2.25. The number of imide groups is 1. The SMILES string of the molecule is CC[C@]1(c2ccc(F)cc2)NC(=O)N(Cc2ccc(Cl)cc2Cl)C1=O. The number of hydrogen-bond acceptors (Lipinski definition) is 2. The number of nitrogens with zero attached hydrogens (tertiary/aromatic N) is 1. The molecular formula is C18H15Cl2FN2O2. The van der Waals surface area contributed by atoms with Crippen LogP contribution in [0.1, 0.15) is 24.5 Å². The van der Waals surface area contributed by atoms with E-state index < -0.39 is 23.3 Å². The van der Waals surface area contributed by atoms with Crippen molar-refractivity contribution in [3.05, 3.63) is 69.5 Å². The number of halogens is 3. The maximum atomic E-state index is 13.2. The van der Waals surface area contributed by atoms with Gasteiger partial charge in [0, 0.05) is 10.0 Å². The minimum absolute atomic E-state index is 0.0314. The Bertz CT molecular complexity index is 841. The zero-order valence-corrected chi connectivity index (χ0v) is 14.9. The highest BCUT2D eigenvalue weighted by Gasteiger charge is 2.51. The van der Waals surface area contributed by atoms with Crippen molar-refractivity contribution in [2.75, 3.05) is 0 Å². The summed E-state index contributed by atoms with van der Waals surface area (Å²) in [7, 11) is 0. The second kappa shape index (κ2) is 6.65. The van der Waals surface area contributed by atoms with E-state index in [1.807, 2.05) is 0 Å². The summed E-state index contributed by atoms with van der Waals surface area (Å²) in [5.41, 5.74) is -0.0519. The molecule has 1 N–H and O–H groups in total. The number of nitrogens with one attached hydrogen (secondary N) is 1. The second-order valence-corrected chi connectivity index (χ2v) is 6.67. The van der Waals surface area contributed by atoms with Gasteiger partial charge in [-0.05, 0) is 41.8 Å². The lowest BCUT2D eigenvalue weighted by molar-refractivity contribution is -0.132. The molecule has 1 saturated heterocycles. The Kier molecular flexibility index (Phi) is 4.71. The number of amides is 3. The average molecular weight is 381 g/mol. The van der Waals surface area contributed by atoms with Gasteiger partial charge < -0.3 is 5.32 Å². The molecule has 0 aliphatic carbocycles. The molecule has 2 aromatic rings. The molecule has 0 radical (unpaired) electrons. The standard InChI is InChI=1S/C18H15Cl2FN2O2/c1-2-18(12-4-7-14(21)8-5-12)16(24)23(17(25)22-18)10-11-3-6-13(19)9-15(11)20/h3-9H,2,10H2,1H3,(H,22,25)/t18-/m1/s1. The summed E-state index contributed by atoms with van der Waals surface area (Å²) < 4.78 is 13.2. The zero-order chi connectivity index (χ0) is 18.2. The molecule has 1 fully saturated rings. The van der Waals surface area contributed by atoms with E-state index in [0.29, 0.717) is 27.6 Å². The van der Waals surface area contributed by atoms with Crippen LogP contribution in [0.5, 0.6) is 0 Å². The summed E-state index contributed by atoms with van der Waals surface area (Å²) in [4.78, 5) is 26.6. The van der Waals surface area contributed by atoms with Crippen LogP contribution in [-0.2, 0) is 16.9 Å². The van der Waals surface area contributed by atoms with Crippen LogP contribution in [0.3, 0.4) is 0 Å². The van der Waals surface area contributed by atoms with Gasteiger partial charge in [0.2, 0.25) is 0 Å². The minimum Gasteiger partial charge on any atom is -0.319 e. The fourth-order valence-corrected chi connectivity index (χ4v) is 3.43. The predicted octanol–water partition coefficient (Wildman–Crippen LogP) is 4.49. The quantitative estimate of drug-likeness (QED) is 0.794. The molecule has 7 heteroatoms. The van der Waals surface area contributed by atoms with E-state index in [1.54, 1.807) is 25.1 Å². The van der Waals surface area contributed by atoms with Gasteiger partial charge in [-0.3, -0.25) is 9.69 Å². The van der Waals surface area contributed by atoms with Crippen LogP contribution in [0.25, 0.3) is 0 Å².